The summed E-state index contributed by atoms with van der Waals surface area (Å²) in [6, 6.07) is 11.3. The molecule has 0 bridgehead atoms. The molecule has 0 fully saturated rings. The second-order valence-electron chi connectivity index (χ2n) is 5.92. The normalized spacial score (nSPS) is 10.0. The minimum absolute atomic E-state index is 0.142. The van der Waals surface area contributed by atoms with Crippen molar-refractivity contribution in [3.05, 3.63) is 53.6 Å². The molecule has 0 saturated carbocycles. The van der Waals surface area contributed by atoms with Crippen molar-refractivity contribution in [1.29, 1.82) is 0 Å². The first kappa shape index (κ1) is 21.7. The fourth-order valence-corrected chi connectivity index (χ4v) is 2.49. The highest BCUT2D eigenvalue weighted by Crippen LogP contribution is 2.21. The van der Waals surface area contributed by atoms with Crippen LogP contribution >= 0.6 is 0 Å². The summed E-state index contributed by atoms with van der Waals surface area (Å²) >= 11 is 0. The number of hydrogen-bond acceptors (Lipinski definition) is 7. The van der Waals surface area contributed by atoms with E-state index >= 15 is 0 Å². The van der Waals surface area contributed by atoms with Crippen molar-refractivity contribution in [2.75, 3.05) is 33.3 Å². The standard InChI is InChI=1S/C21H23NO7/c1-26-15-7-9-16(10-8-15)29-12-4-5-19(23)22-18-13-14(20(24)27-2)6-11-17(18)21(25)28-3/h6-11,13H,4-5,12H2,1-3H3,(H,22,23). The molecule has 0 heterocycles. The number of methoxy groups -OCH3 is 3. The Bertz CT molecular complexity index is 862. The lowest BCUT2D eigenvalue weighted by atomic mass is 10.1. The Labute approximate surface area is 168 Å². The molecule has 0 aliphatic rings. The van der Waals surface area contributed by atoms with Gasteiger partial charge >= 0.3 is 11.9 Å². The summed E-state index contributed by atoms with van der Waals surface area (Å²) in [5, 5.41) is 2.64. The van der Waals surface area contributed by atoms with E-state index in [-0.39, 0.29) is 29.1 Å². The third kappa shape index (κ3) is 6.24. The summed E-state index contributed by atoms with van der Waals surface area (Å²) in [7, 11) is 4.07. The smallest absolute Gasteiger partial charge is 0.339 e. The van der Waals surface area contributed by atoms with Gasteiger partial charge in [0.05, 0.1) is 44.8 Å². The molecule has 2 rings (SSSR count). The number of hydrogen-bond donors (Lipinski definition) is 1. The first-order valence-corrected chi connectivity index (χ1v) is 8.86. The van der Waals surface area contributed by atoms with Crippen molar-refractivity contribution in [3.63, 3.8) is 0 Å². The Morgan fingerprint density at radius 2 is 1.52 bits per heavy atom. The van der Waals surface area contributed by atoms with Crippen LogP contribution in [0.2, 0.25) is 0 Å². The monoisotopic (exact) mass is 401 g/mol. The number of nitrogens with one attached hydrogen (secondary N) is 1. The molecule has 0 aliphatic heterocycles. The number of rotatable bonds is 9. The Balaban J connectivity index is 1.94. The van der Waals surface area contributed by atoms with Crippen molar-refractivity contribution in [2.45, 2.75) is 12.8 Å². The van der Waals surface area contributed by atoms with Gasteiger partial charge in [0.15, 0.2) is 0 Å². The molecule has 0 unspecified atom stereocenters. The van der Waals surface area contributed by atoms with Gasteiger partial charge in [-0.05, 0) is 48.9 Å². The van der Waals surface area contributed by atoms with Gasteiger partial charge in [0, 0.05) is 6.42 Å². The molecular formula is C21H23NO7. The average molecular weight is 401 g/mol. The van der Waals surface area contributed by atoms with Gasteiger partial charge in [-0.25, -0.2) is 9.59 Å². The van der Waals surface area contributed by atoms with Crippen LogP contribution in [0.4, 0.5) is 5.69 Å². The van der Waals surface area contributed by atoms with Gasteiger partial charge in [-0.3, -0.25) is 4.79 Å². The predicted molar refractivity (Wildman–Crippen MR) is 105 cm³/mol. The van der Waals surface area contributed by atoms with Crippen LogP contribution < -0.4 is 14.8 Å². The van der Waals surface area contributed by atoms with Crippen molar-refractivity contribution in [3.8, 4) is 11.5 Å². The molecule has 8 heteroatoms. The first-order valence-electron chi connectivity index (χ1n) is 8.86. The second kappa shape index (κ2) is 10.7. The van der Waals surface area contributed by atoms with Crippen LogP contribution in [-0.4, -0.2) is 45.8 Å². The summed E-state index contributed by atoms with van der Waals surface area (Å²) in [4.78, 5) is 35.9. The molecule has 1 amide bonds. The predicted octanol–water partition coefficient (Wildman–Crippen LogP) is 3.07. The van der Waals surface area contributed by atoms with Crippen LogP contribution in [0.5, 0.6) is 11.5 Å². The average Bonchev–Trinajstić information content (AvgIpc) is 2.76. The molecule has 1 N–H and O–H groups in total. The molecule has 8 nitrogen and oxygen atoms in total. The summed E-state index contributed by atoms with van der Waals surface area (Å²) in [6.07, 6.45) is 0.626. The van der Waals surface area contributed by atoms with Gasteiger partial charge in [-0.2, -0.15) is 0 Å². The van der Waals surface area contributed by atoms with Gasteiger partial charge < -0.3 is 24.3 Å². The van der Waals surface area contributed by atoms with Crippen LogP contribution in [-0.2, 0) is 14.3 Å². The summed E-state index contributed by atoms with van der Waals surface area (Å²) in [5.74, 6) is -0.128. The van der Waals surface area contributed by atoms with Gasteiger partial charge in [-0.15, -0.1) is 0 Å². The van der Waals surface area contributed by atoms with Crippen LogP contribution in [0.3, 0.4) is 0 Å². The van der Waals surface area contributed by atoms with Crippen LogP contribution in [0.25, 0.3) is 0 Å². The maximum absolute atomic E-state index is 12.3. The molecule has 154 valence electrons. The third-order valence-electron chi connectivity index (χ3n) is 4.00. The van der Waals surface area contributed by atoms with Crippen LogP contribution in [0.1, 0.15) is 33.6 Å². The number of amides is 1. The zero-order valence-electron chi connectivity index (χ0n) is 16.5. The number of anilines is 1. The van der Waals surface area contributed by atoms with E-state index in [2.05, 4.69) is 10.1 Å². The molecule has 0 atom stereocenters. The van der Waals surface area contributed by atoms with E-state index in [4.69, 9.17) is 14.2 Å². The van der Waals surface area contributed by atoms with Crippen molar-refractivity contribution in [2.24, 2.45) is 0 Å². The van der Waals surface area contributed by atoms with Gasteiger partial charge in [0.2, 0.25) is 5.91 Å². The van der Waals surface area contributed by atoms with E-state index in [1.54, 1.807) is 31.4 Å². The molecular weight excluding hydrogens is 378 g/mol. The Hall–Kier alpha value is -3.55. The first-order chi connectivity index (χ1) is 14.0. The minimum Gasteiger partial charge on any atom is -0.497 e. The molecule has 0 radical (unpaired) electrons. The van der Waals surface area contributed by atoms with E-state index in [0.717, 1.165) is 5.75 Å². The molecule has 2 aromatic carbocycles. The van der Waals surface area contributed by atoms with Crippen molar-refractivity contribution in [1.82, 2.24) is 0 Å². The number of carbonyl (C=O) groups is 3. The topological polar surface area (TPSA) is 100 Å². The largest absolute Gasteiger partial charge is 0.497 e. The zero-order valence-corrected chi connectivity index (χ0v) is 16.5. The highest BCUT2D eigenvalue weighted by molar-refractivity contribution is 6.03. The highest BCUT2D eigenvalue weighted by atomic mass is 16.5. The lowest BCUT2D eigenvalue weighted by Crippen LogP contribution is -2.17. The maximum atomic E-state index is 12.3. The molecule has 0 saturated heterocycles. The number of carbonyl (C=O) groups excluding carboxylic acids is 3. The van der Waals surface area contributed by atoms with Crippen LogP contribution in [0.15, 0.2) is 42.5 Å². The lowest BCUT2D eigenvalue weighted by Gasteiger charge is -2.12. The van der Waals surface area contributed by atoms with E-state index in [1.807, 2.05) is 0 Å². The third-order valence-corrected chi connectivity index (χ3v) is 4.00. The Morgan fingerprint density at radius 3 is 2.14 bits per heavy atom. The number of esters is 2. The summed E-state index contributed by atoms with van der Waals surface area (Å²) in [5.41, 5.74) is 0.530. The SMILES string of the molecule is COC(=O)c1ccc(C(=O)OC)c(NC(=O)CCCOc2ccc(OC)cc2)c1. The fourth-order valence-electron chi connectivity index (χ4n) is 2.49. The summed E-state index contributed by atoms with van der Waals surface area (Å²) in [6.45, 7) is 0.339. The van der Waals surface area contributed by atoms with Gasteiger partial charge in [0.25, 0.3) is 0 Å². The summed E-state index contributed by atoms with van der Waals surface area (Å²) < 4.78 is 20.0. The molecule has 0 aliphatic carbocycles. The van der Waals surface area contributed by atoms with Crippen molar-refractivity contribution >= 4 is 23.5 Å². The molecule has 0 aromatic heterocycles. The zero-order chi connectivity index (χ0) is 21.2. The minimum atomic E-state index is -0.625. The quantitative estimate of drug-likeness (QED) is 0.509. The van der Waals surface area contributed by atoms with E-state index in [0.29, 0.717) is 18.8 Å². The van der Waals surface area contributed by atoms with Gasteiger partial charge in [-0.1, -0.05) is 0 Å². The van der Waals surface area contributed by atoms with Gasteiger partial charge in [0.1, 0.15) is 11.5 Å². The molecule has 2 aromatic rings. The Morgan fingerprint density at radius 1 is 0.862 bits per heavy atom. The van der Waals surface area contributed by atoms with Crippen LogP contribution in [0, 0.1) is 0 Å². The fraction of sp³-hybridized carbons (Fsp3) is 0.286. The van der Waals surface area contributed by atoms with E-state index in [9.17, 15) is 14.4 Å². The Kier molecular flexibility index (Phi) is 8.02. The van der Waals surface area contributed by atoms with Crippen molar-refractivity contribution < 1.29 is 33.3 Å². The lowest BCUT2D eigenvalue weighted by molar-refractivity contribution is -0.116. The maximum Gasteiger partial charge on any atom is 0.339 e. The number of benzene rings is 2. The molecule has 0 spiro atoms. The van der Waals surface area contributed by atoms with E-state index < -0.39 is 11.9 Å². The van der Waals surface area contributed by atoms with E-state index in [1.165, 1.54) is 32.4 Å². The number of ether oxygens (including phenoxy) is 4. The molecule has 29 heavy (non-hydrogen) atoms. The highest BCUT2D eigenvalue weighted by Gasteiger charge is 2.17. The second-order valence-corrected chi connectivity index (χ2v) is 5.92.